The van der Waals surface area contributed by atoms with Crippen LogP contribution in [-0.2, 0) is 0 Å². The third-order valence-corrected chi connectivity index (χ3v) is 4.31. The molecule has 1 saturated heterocycles. The topological polar surface area (TPSA) is 32.3 Å². The highest BCUT2D eigenvalue weighted by molar-refractivity contribution is 9.10. The molecule has 3 nitrogen and oxygen atoms in total. The quantitative estimate of drug-likeness (QED) is 0.892. The van der Waals surface area contributed by atoms with Crippen molar-refractivity contribution in [1.82, 2.24) is 10.2 Å². The number of hydrogen-bond acceptors (Lipinski definition) is 2. The lowest BCUT2D eigenvalue weighted by Crippen LogP contribution is -2.41. The van der Waals surface area contributed by atoms with E-state index >= 15 is 0 Å². The largest absolute Gasteiger partial charge is 0.337 e. The first kappa shape index (κ1) is 15.5. The highest BCUT2D eigenvalue weighted by Crippen LogP contribution is 2.19. The normalized spacial score (nSPS) is 18.2. The second-order valence-corrected chi connectivity index (χ2v) is 6.42. The van der Waals surface area contributed by atoms with Crippen LogP contribution in [0.1, 0.15) is 42.1 Å². The van der Waals surface area contributed by atoms with Gasteiger partial charge in [-0.05, 0) is 50.4 Å². The molecule has 110 valence electrons. The molecule has 1 unspecified atom stereocenters. The van der Waals surface area contributed by atoms with Gasteiger partial charge in [0, 0.05) is 29.2 Å². The molecule has 0 radical (unpaired) electrons. The van der Waals surface area contributed by atoms with E-state index < -0.39 is 0 Å². The minimum Gasteiger partial charge on any atom is -0.337 e. The van der Waals surface area contributed by atoms with Crippen LogP contribution in [0, 0.1) is 6.92 Å². The number of benzene rings is 1. The zero-order chi connectivity index (χ0) is 14.5. The van der Waals surface area contributed by atoms with Gasteiger partial charge < -0.3 is 10.2 Å². The maximum Gasteiger partial charge on any atom is 0.254 e. The predicted molar refractivity (Wildman–Crippen MR) is 86.1 cm³/mol. The summed E-state index contributed by atoms with van der Waals surface area (Å²) in [5, 5.41) is 3.47. The van der Waals surface area contributed by atoms with Crippen molar-refractivity contribution in [2.24, 2.45) is 0 Å². The maximum absolute atomic E-state index is 12.8. The lowest BCUT2D eigenvalue weighted by atomic mass is 10.1. The van der Waals surface area contributed by atoms with E-state index in [2.05, 4.69) is 28.2 Å². The van der Waals surface area contributed by atoms with Crippen molar-refractivity contribution in [3.05, 3.63) is 33.8 Å². The highest BCUT2D eigenvalue weighted by Gasteiger charge is 2.22. The summed E-state index contributed by atoms with van der Waals surface area (Å²) in [5.41, 5.74) is 1.85. The van der Waals surface area contributed by atoms with Gasteiger partial charge in [0.15, 0.2) is 0 Å². The molecule has 1 aliphatic heterocycles. The Morgan fingerprint density at radius 2 is 2.30 bits per heavy atom. The number of nitrogens with zero attached hydrogens (tertiary/aromatic N) is 1. The highest BCUT2D eigenvalue weighted by atomic mass is 79.9. The van der Waals surface area contributed by atoms with Crippen molar-refractivity contribution in [2.75, 3.05) is 19.6 Å². The number of rotatable bonds is 5. The maximum atomic E-state index is 12.8. The number of carbonyl (C=O) groups excluding carboxylic acids is 1. The van der Waals surface area contributed by atoms with Gasteiger partial charge in [-0.3, -0.25) is 4.79 Å². The molecule has 1 fully saturated rings. The average Bonchev–Trinajstić information content (AvgIpc) is 2.93. The van der Waals surface area contributed by atoms with Gasteiger partial charge in [-0.15, -0.1) is 0 Å². The Labute approximate surface area is 129 Å². The number of nitrogens with one attached hydrogen (secondary N) is 1. The lowest BCUT2D eigenvalue weighted by Gasteiger charge is -2.26. The SMILES string of the molecule is CCCN(CC1CCCN1)C(=O)c1cc(Br)ccc1C. The molecule has 1 N–H and O–H groups in total. The van der Waals surface area contributed by atoms with Crippen LogP contribution < -0.4 is 5.32 Å². The molecule has 0 spiro atoms. The van der Waals surface area contributed by atoms with E-state index in [4.69, 9.17) is 0 Å². The molecule has 0 aliphatic carbocycles. The monoisotopic (exact) mass is 338 g/mol. The molecule has 2 rings (SSSR count). The van der Waals surface area contributed by atoms with Gasteiger partial charge in [-0.2, -0.15) is 0 Å². The zero-order valence-corrected chi connectivity index (χ0v) is 13.9. The Bertz CT molecular complexity index is 470. The second-order valence-electron chi connectivity index (χ2n) is 5.50. The van der Waals surface area contributed by atoms with Crippen LogP contribution in [0.15, 0.2) is 22.7 Å². The first-order valence-electron chi connectivity index (χ1n) is 7.40. The summed E-state index contributed by atoms with van der Waals surface area (Å²) in [6.45, 7) is 6.84. The summed E-state index contributed by atoms with van der Waals surface area (Å²) >= 11 is 3.46. The van der Waals surface area contributed by atoms with Gasteiger partial charge in [-0.25, -0.2) is 0 Å². The van der Waals surface area contributed by atoms with Gasteiger partial charge >= 0.3 is 0 Å². The Kier molecular flexibility index (Phi) is 5.61. The van der Waals surface area contributed by atoms with Crippen LogP contribution in [0.25, 0.3) is 0 Å². The Hall–Kier alpha value is -0.870. The van der Waals surface area contributed by atoms with Gasteiger partial charge in [0.05, 0.1) is 0 Å². The number of carbonyl (C=O) groups is 1. The van der Waals surface area contributed by atoms with E-state index in [1.165, 1.54) is 12.8 Å². The van der Waals surface area contributed by atoms with Crippen molar-refractivity contribution in [3.63, 3.8) is 0 Å². The summed E-state index contributed by atoms with van der Waals surface area (Å²) in [4.78, 5) is 14.8. The molecule has 1 aromatic rings. The number of aryl methyl sites for hydroxylation is 1. The van der Waals surface area contributed by atoms with Crippen molar-refractivity contribution in [1.29, 1.82) is 0 Å². The molecule has 1 atom stereocenters. The molecule has 0 saturated carbocycles. The fraction of sp³-hybridized carbons (Fsp3) is 0.562. The standard InChI is InChI=1S/C16H23BrN2O/c1-3-9-19(11-14-5-4-8-18-14)16(20)15-10-13(17)7-6-12(15)2/h6-7,10,14,18H,3-5,8-9,11H2,1-2H3. The van der Waals surface area contributed by atoms with Crippen LogP contribution in [0.4, 0.5) is 0 Å². The third-order valence-electron chi connectivity index (χ3n) is 3.81. The number of hydrogen-bond donors (Lipinski definition) is 1. The van der Waals surface area contributed by atoms with E-state index in [9.17, 15) is 4.79 Å². The molecule has 20 heavy (non-hydrogen) atoms. The van der Waals surface area contributed by atoms with Crippen LogP contribution in [0.5, 0.6) is 0 Å². The molecule has 0 bridgehead atoms. The van der Waals surface area contributed by atoms with Crippen LogP contribution in [0.2, 0.25) is 0 Å². The number of amides is 1. The molecule has 1 heterocycles. The molecule has 4 heteroatoms. The fourth-order valence-corrected chi connectivity index (χ4v) is 3.08. The molecule has 0 aromatic heterocycles. The van der Waals surface area contributed by atoms with Crippen molar-refractivity contribution < 1.29 is 4.79 Å². The molecular formula is C16H23BrN2O. The van der Waals surface area contributed by atoms with E-state index in [1.807, 2.05) is 30.0 Å². The predicted octanol–water partition coefficient (Wildman–Crippen LogP) is 3.36. The second kappa shape index (κ2) is 7.23. The Balaban J connectivity index is 2.14. The zero-order valence-electron chi connectivity index (χ0n) is 12.3. The summed E-state index contributed by atoms with van der Waals surface area (Å²) in [6.07, 6.45) is 3.38. The third kappa shape index (κ3) is 3.83. The van der Waals surface area contributed by atoms with Crippen LogP contribution in [0.3, 0.4) is 0 Å². The van der Waals surface area contributed by atoms with Gasteiger partial charge in [-0.1, -0.05) is 28.9 Å². The first-order valence-corrected chi connectivity index (χ1v) is 8.20. The average molecular weight is 339 g/mol. The summed E-state index contributed by atoms with van der Waals surface area (Å²) in [6, 6.07) is 6.37. The van der Waals surface area contributed by atoms with Crippen molar-refractivity contribution in [3.8, 4) is 0 Å². The van der Waals surface area contributed by atoms with Crippen molar-refractivity contribution >= 4 is 21.8 Å². The van der Waals surface area contributed by atoms with E-state index in [-0.39, 0.29) is 5.91 Å². The van der Waals surface area contributed by atoms with Gasteiger partial charge in [0.2, 0.25) is 0 Å². The first-order chi connectivity index (χ1) is 9.61. The minimum absolute atomic E-state index is 0.152. The Morgan fingerprint density at radius 3 is 2.95 bits per heavy atom. The van der Waals surface area contributed by atoms with Crippen LogP contribution >= 0.6 is 15.9 Å². The van der Waals surface area contributed by atoms with Crippen LogP contribution in [-0.4, -0.2) is 36.5 Å². The van der Waals surface area contributed by atoms with E-state index in [0.29, 0.717) is 6.04 Å². The molecule has 1 amide bonds. The summed E-state index contributed by atoms with van der Waals surface area (Å²) in [5.74, 6) is 0.152. The lowest BCUT2D eigenvalue weighted by molar-refractivity contribution is 0.0741. The smallest absolute Gasteiger partial charge is 0.254 e. The van der Waals surface area contributed by atoms with Gasteiger partial charge in [0.1, 0.15) is 0 Å². The fourth-order valence-electron chi connectivity index (χ4n) is 2.72. The molecule has 1 aromatic carbocycles. The molecular weight excluding hydrogens is 316 g/mol. The number of halogens is 1. The molecule has 1 aliphatic rings. The summed E-state index contributed by atoms with van der Waals surface area (Å²) < 4.78 is 0.960. The van der Waals surface area contributed by atoms with Crippen molar-refractivity contribution in [2.45, 2.75) is 39.2 Å². The van der Waals surface area contributed by atoms with E-state index in [0.717, 1.165) is 41.7 Å². The van der Waals surface area contributed by atoms with Gasteiger partial charge in [0.25, 0.3) is 5.91 Å². The minimum atomic E-state index is 0.152. The Morgan fingerprint density at radius 1 is 1.50 bits per heavy atom. The van der Waals surface area contributed by atoms with E-state index in [1.54, 1.807) is 0 Å². The summed E-state index contributed by atoms with van der Waals surface area (Å²) in [7, 11) is 0.